The second-order valence-electron chi connectivity index (χ2n) is 3.75. The van der Waals surface area contributed by atoms with Crippen molar-refractivity contribution in [2.75, 3.05) is 6.61 Å². The minimum atomic E-state index is -1.63. The number of hydrogen-bond donors (Lipinski definition) is 4. The molecule has 3 atom stereocenters. The molecule has 0 aromatic rings. The highest BCUT2D eigenvalue weighted by Crippen LogP contribution is 2.33. The molecule has 0 aromatic heterocycles. The Hall–Kier alpha value is -0.160. The van der Waals surface area contributed by atoms with Gasteiger partial charge in [0.1, 0.15) is 11.2 Å². The maximum absolute atomic E-state index is 10.1. The van der Waals surface area contributed by atoms with Crippen molar-refractivity contribution in [3.05, 3.63) is 0 Å². The van der Waals surface area contributed by atoms with Crippen molar-refractivity contribution < 1.29 is 20.4 Å². The average Bonchev–Trinajstić information content (AvgIpc) is 2.25. The van der Waals surface area contributed by atoms with Crippen molar-refractivity contribution in [3.63, 3.8) is 0 Å². The van der Waals surface area contributed by atoms with E-state index in [9.17, 15) is 15.3 Å². The SMILES string of the molecule is CCC(O)C(O)(CC)C(O)(CC)CO. The summed E-state index contributed by atoms with van der Waals surface area (Å²) >= 11 is 0. The highest BCUT2D eigenvalue weighted by Gasteiger charge is 2.50. The first kappa shape index (κ1) is 13.8. The molecule has 0 aliphatic rings. The van der Waals surface area contributed by atoms with Gasteiger partial charge in [-0.15, -0.1) is 0 Å². The van der Waals surface area contributed by atoms with Gasteiger partial charge in [0.05, 0.1) is 12.7 Å². The molecule has 0 rings (SSSR count). The molecule has 0 aromatic carbocycles. The molecule has 0 aliphatic carbocycles. The van der Waals surface area contributed by atoms with Crippen molar-refractivity contribution in [3.8, 4) is 0 Å². The monoisotopic (exact) mass is 206 g/mol. The molecule has 0 spiro atoms. The van der Waals surface area contributed by atoms with Gasteiger partial charge in [0, 0.05) is 0 Å². The average molecular weight is 206 g/mol. The third-order valence-corrected chi connectivity index (χ3v) is 3.13. The predicted octanol–water partition coefficient (Wildman–Crippen LogP) is 0.0318. The van der Waals surface area contributed by atoms with Crippen molar-refractivity contribution in [2.45, 2.75) is 57.3 Å². The van der Waals surface area contributed by atoms with Crippen LogP contribution in [-0.2, 0) is 0 Å². The fourth-order valence-corrected chi connectivity index (χ4v) is 1.77. The zero-order chi connectivity index (χ0) is 11.4. The van der Waals surface area contributed by atoms with E-state index in [2.05, 4.69) is 0 Å². The summed E-state index contributed by atoms with van der Waals surface area (Å²) in [5, 5.41) is 38.9. The Morgan fingerprint density at radius 3 is 1.79 bits per heavy atom. The molecule has 0 radical (unpaired) electrons. The van der Waals surface area contributed by atoms with E-state index >= 15 is 0 Å². The number of aliphatic hydroxyl groups excluding tert-OH is 2. The van der Waals surface area contributed by atoms with E-state index in [1.165, 1.54) is 0 Å². The third kappa shape index (κ3) is 2.08. The lowest BCUT2D eigenvalue weighted by atomic mass is 9.74. The molecule has 0 bridgehead atoms. The van der Waals surface area contributed by atoms with Gasteiger partial charge in [-0.3, -0.25) is 0 Å². The van der Waals surface area contributed by atoms with E-state index in [1.54, 1.807) is 20.8 Å². The summed E-state index contributed by atoms with van der Waals surface area (Å²) in [7, 11) is 0. The molecule has 14 heavy (non-hydrogen) atoms. The second kappa shape index (κ2) is 5.07. The van der Waals surface area contributed by atoms with E-state index in [1.807, 2.05) is 0 Å². The Morgan fingerprint density at radius 2 is 1.57 bits per heavy atom. The molecule has 0 saturated heterocycles. The van der Waals surface area contributed by atoms with Crippen molar-refractivity contribution in [1.29, 1.82) is 0 Å². The Balaban J connectivity index is 4.99. The number of aliphatic hydroxyl groups is 4. The first-order valence-electron chi connectivity index (χ1n) is 5.15. The second-order valence-corrected chi connectivity index (χ2v) is 3.75. The molecule has 86 valence electrons. The molecule has 0 aliphatic heterocycles. The van der Waals surface area contributed by atoms with E-state index in [4.69, 9.17) is 5.11 Å². The van der Waals surface area contributed by atoms with E-state index in [0.29, 0.717) is 6.42 Å². The highest BCUT2D eigenvalue weighted by molar-refractivity contribution is 5.02. The van der Waals surface area contributed by atoms with Crippen LogP contribution in [0.25, 0.3) is 0 Å². The first-order chi connectivity index (χ1) is 6.41. The van der Waals surface area contributed by atoms with Crippen molar-refractivity contribution in [1.82, 2.24) is 0 Å². The lowest BCUT2D eigenvalue weighted by Crippen LogP contribution is -2.62. The van der Waals surface area contributed by atoms with Crippen LogP contribution < -0.4 is 0 Å². The smallest absolute Gasteiger partial charge is 0.121 e. The van der Waals surface area contributed by atoms with Crippen LogP contribution in [0.5, 0.6) is 0 Å². The van der Waals surface area contributed by atoms with E-state index in [-0.39, 0.29) is 12.8 Å². The molecule has 3 unspecified atom stereocenters. The maximum atomic E-state index is 10.1. The first-order valence-corrected chi connectivity index (χ1v) is 5.15. The van der Waals surface area contributed by atoms with Gasteiger partial charge in [-0.1, -0.05) is 20.8 Å². The van der Waals surface area contributed by atoms with Crippen LogP contribution in [0.4, 0.5) is 0 Å². The maximum Gasteiger partial charge on any atom is 0.121 e. The Morgan fingerprint density at radius 1 is 1.07 bits per heavy atom. The summed E-state index contributed by atoms with van der Waals surface area (Å²) in [5.41, 5.74) is -3.26. The third-order valence-electron chi connectivity index (χ3n) is 3.13. The van der Waals surface area contributed by atoms with Crippen LogP contribution in [0.3, 0.4) is 0 Å². The van der Waals surface area contributed by atoms with Gasteiger partial charge in [-0.05, 0) is 19.3 Å². The molecule has 0 fully saturated rings. The number of rotatable bonds is 6. The zero-order valence-electron chi connectivity index (χ0n) is 9.19. The van der Waals surface area contributed by atoms with Crippen LogP contribution in [-0.4, -0.2) is 44.3 Å². The van der Waals surface area contributed by atoms with Crippen molar-refractivity contribution >= 4 is 0 Å². The molecular formula is C10H22O4. The molecular weight excluding hydrogens is 184 g/mol. The molecule has 4 N–H and O–H groups in total. The topological polar surface area (TPSA) is 80.9 Å². The molecule has 0 heterocycles. The van der Waals surface area contributed by atoms with Gasteiger partial charge in [0.15, 0.2) is 0 Å². The Kier molecular flexibility index (Phi) is 5.01. The molecule has 4 nitrogen and oxygen atoms in total. The van der Waals surface area contributed by atoms with E-state index < -0.39 is 23.9 Å². The fourth-order valence-electron chi connectivity index (χ4n) is 1.77. The quantitative estimate of drug-likeness (QED) is 0.494. The van der Waals surface area contributed by atoms with Crippen LogP contribution >= 0.6 is 0 Å². The Labute approximate surface area is 85.2 Å². The van der Waals surface area contributed by atoms with Gasteiger partial charge >= 0.3 is 0 Å². The molecule has 0 amide bonds. The Bertz CT molecular complexity index is 168. The summed E-state index contributed by atoms with van der Waals surface area (Å²) < 4.78 is 0. The lowest BCUT2D eigenvalue weighted by Gasteiger charge is -2.44. The van der Waals surface area contributed by atoms with Crippen LogP contribution in [0.2, 0.25) is 0 Å². The predicted molar refractivity (Wildman–Crippen MR) is 53.9 cm³/mol. The standard InChI is InChI=1S/C10H22O4/c1-4-8(12)10(14,6-3)9(13,5-2)7-11/h8,11-14H,4-7H2,1-3H3. The largest absolute Gasteiger partial charge is 0.393 e. The summed E-state index contributed by atoms with van der Waals surface area (Å²) in [5.74, 6) is 0. The minimum absolute atomic E-state index is 0.199. The zero-order valence-corrected chi connectivity index (χ0v) is 9.19. The van der Waals surface area contributed by atoms with E-state index in [0.717, 1.165) is 0 Å². The van der Waals surface area contributed by atoms with Crippen LogP contribution in [0.1, 0.15) is 40.0 Å². The summed E-state index contributed by atoms with van der Waals surface area (Å²) in [6.07, 6.45) is -0.283. The highest BCUT2D eigenvalue weighted by atomic mass is 16.4. The van der Waals surface area contributed by atoms with Gasteiger partial charge < -0.3 is 20.4 Å². The minimum Gasteiger partial charge on any atom is -0.393 e. The fraction of sp³-hybridized carbons (Fsp3) is 1.00. The summed E-state index contributed by atoms with van der Waals surface area (Å²) in [6.45, 7) is 4.51. The normalized spacial score (nSPS) is 22.5. The van der Waals surface area contributed by atoms with Gasteiger partial charge in [-0.2, -0.15) is 0 Å². The molecule has 4 heteroatoms. The van der Waals surface area contributed by atoms with Crippen molar-refractivity contribution in [2.24, 2.45) is 0 Å². The number of hydrogen-bond acceptors (Lipinski definition) is 4. The van der Waals surface area contributed by atoms with Gasteiger partial charge in [-0.25, -0.2) is 0 Å². The molecule has 0 saturated carbocycles. The van der Waals surface area contributed by atoms with Crippen LogP contribution in [0.15, 0.2) is 0 Å². The summed E-state index contributed by atoms with van der Waals surface area (Å²) in [4.78, 5) is 0. The lowest BCUT2D eigenvalue weighted by molar-refractivity contribution is -0.219. The van der Waals surface area contributed by atoms with Crippen LogP contribution in [0, 0.1) is 0 Å². The summed E-state index contributed by atoms with van der Waals surface area (Å²) in [6, 6.07) is 0. The van der Waals surface area contributed by atoms with Gasteiger partial charge in [0.2, 0.25) is 0 Å². The van der Waals surface area contributed by atoms with Gasteiger partial charge in [0.25, 0.3) is 0 Å².